The molecule has 0 fully saturated rings. The SMILES string of the molecule is CCC[n+]1ccn(CCOCC)c1C. The molecule has 0 aromatic carbocycles. The fourth-order valence-corrected chi connectivity index (χ4v) is 1.56. The summed E-state index contributed by atoms with van der Waals surface area (Å²) in [4.78, 5) is 0. The summed E-state index contributed by atoms with van der Waals surface area (Å²) >= 11 is 0. The first-order chi connectivity index (χ1) is 6.79. The van der Waals surface area contributed by atoms with Crippen molar-refractivity contribution in [1.29, 1.82) is 0 Å². The zero-order valence-corrected chi connectivity index (χ0v) is 9.49. The Morgan fingerprint density at radius 2 is 2.21 bits per heavy atom. The highest BCUT2D eigenvalue weighted by Gasteiger charge is 2.10. The lowest BCUT2D eigenvalue weighted by molar-refractivity contribution is -0.702. The number of nitrogens with zero attached hydrogens (tertiary/aromatic N) is 2. The van der Waals surface area contributed by atoms with E-state index in [0.29, 0.717) is 0 Å². The van der Waals surface area contributed by atoms with Crippen molar-refractivity contribution in [3.8, 4) is 0 Å². The second kappa shape index (κ2) is 5.81. The summed E-state index contributed by atoms with van der Waals surface area (Å²) in [7, 11) is 0. The third-order valence-electron chi connectivity index (χ3n) is 2.40. The van der Waals surface area contributed by atoms with Gasteiger partial charge in [0, 0.05) is 13.5 Å². The van der Waals surface area contributed by atoms with Crippen LogP contribution in [0, 0.1) is 6.92 Å². The molecular formula is C11H21N2O+. The van der Waals surface area contributed by atoms with Crippen LogP contribution >= 0.6 is 0 Å². The van der Waals surface area contributed by atoms with Gasteiger partial charge in [0.2, 0.25) is 0 Å². The highest BCUT2D eigenvalue weighted by atomic mass is 16.5. The van der Waals surface area contributed by atoms with Gasteiger partial charge in [-0.15, -0.1) is 0 Å². The van der Waals surface area contributed by atoms with Gasteiger partial charge in [-0.2, -0.15) is 0 Å². The van der Waals surface area contributed by atoms with Crippen molar-refractivity contribution in [2.75, 3.05) is 13.2 Å². The van der Waals surface area contributed by atoms with Gasteiger partial charge in [-0.25, -0.2) is 9.13 Å². The predicted molar refractivity (Wildman–Crippen MR) is 56.1 cm³/mol. The summed E-state index contributed by atoms with van der Waals surface area (Å²) in [5, 5.41) is 0. The Morgan fingerprint density at radius 1 is 1.43 bits per heavy atom. The van der Waals surface area contributed by atoms with Gasteiger partial charge in [0.15, 0.2) is 0 Å². The van der Waals surface area contributed by atoms with E-state index in [4.69, 9.17) is 4.74 Å². The van der Waals surface area contributed by atoms with E-state index >= 15 is 0 Å². The largest absolute Gasteiger partial charge is 0.378 e. The topological polar surface area (TPSA) is 18.0 Å². The van der Waals surface area contributed by atoms with Gasteiger partial charge in [-0.1, -0.05) is 6.92 Å². The van der Waals surface area contributed by atoms with Gasteiger partial charge < -0.3 is 4.74 Å². The molecule has 1 aromatic rings. The molecule has 3 heteroatoms. The molecule has 0 aliphatic heterocycles. The molecule has 0 atom stereocenters. The molecule has 0 radical (unpaired) electrons. The zero-order valence-electron chi connectivity index (χ0n) is 9.49. The minimum atomic E-state index is 0.801. The molecule has 0 bridgehead atoms. The summed E-state index contributed by atoms with van der Waals surface area (Å²) in [6.45, 7) is 10.0. The lowest BCUT2D eigenvalue weighted by atomic mass is 10.4. The summed E-state index contributed by atoms with van der Waals surface area (Å²) in [5.74, 6) is 1.31. The molecule has 14 heavy (non-hydrogen) atoms. The van der Waals surface area contributed by atoms with Crippen molar-refractivity contribution in [1.82, 2.24) is 4.57 Å². The molecule has 0 spiro atoms. The van der Waals surface area contributed by atoms with E-state index < -0.39 is 0 Å². The number of rotatable bonds is 6. The number of imidazole rings is 1. The van der Waals surface area contributed by atoms with Crippen LogP contribution in [0.5, 0.6) is 0 Å². The maximum Gasteiger partial charge on any atom is 0.253 e. The molecule has 0 saturated heterocycles. The van der Waals surface area contributed by atoms with E-state index in [-0.39, 0.29) is 0 Å². The highest BCUT2D eigenvalue weighted by molar-refractivity contribution is 4.79. The zero-order chi connectivity index (χ0) is 10.4. The molecule has 0 N–H and O–H groups in total. The van der Waals surface area contributed by atoms with Crippen LogP contribution in [0.3, 0.4) is 0 Å². The van der Waals surface area contributed by atoms with Crippen LogP contribution < -0.4 is 4.57 Å². The monoisotopic (exact) mass is 197 g/mol. The lowest BCUT2D eigenvalue weighted by Gasteiger charge is -2.00. The molecular weight excluding hydrogens is 176 g/mol. The Labute approximate surface area is 86.3 Å². The maximum absolute atomic E-state index is 5.33. The molecule has 1 heterocycles. The first kappa shape index (κ1) is 11.2. The minimum absolute atomic E-state index is 0.801. The molecule has 0 aliphatic rings. The van der Waals surface area contributed by atoms with Crippen molar-refractivity contribution in [3.63, 3.8) is 0 Å². The number of hydrogen-bond acceptors (Lipinski definition) is 1. The Hall–Kier alpha value is -0.830. The van der Waals surface area contributed by atoms with Gasteiger partial charge in [-0.05, 0) is 13.3 Å². The highest BCUT2D eigenvalue weighted by Crippen LogP contribution is 1.94. The van der Waals surface area contributed by atoms with Gasteiger partial charge in [0.25, 0.3) is 5.82 Å². The van der Waals surface area contributed by atoms with E-state index in [0.717, 1.165) is 26.3 Å². The van der Waals surface area contributed by atoms with Gasteiger partial charge >= 0.3 is 0 Å². The summed E-state index contributed by atoms with van der Waals surface area (Å²) in [6, 6.07) is 0. The maximum atomic E-state index is 5.33. The number of aryl methyl sites for hydroxylation is 1. The third-order valence-corrected chi connectivity index (χ3v) is 2.40. The van der Waals surface area contributed by atoms with Crippen LogP contribution in [0.2, 0.25) is 0 Å². The van der Waals surface area contributed by atoms with Crippen molar-refractivity contribution in [2.24, 2.45) is 0 Å². The molecule has 1 aromatic heterocycles. The van der Waals surface area contributed by atoms with Crippen molar-refractivity contribution < 1.29 is 9.30 Å². The minimum Gasteiger partial charge on any atom is -0.378 e. The van der Waals surface area contributed by atoms with Crippen molar-refractivity contribution in [2.45, 2.75) is 40.3 Å². The standard InChI is InChI=1S/C11H21N2O/c1-4-6-12-7-8-13(11(12)3)9-10-14-5-2/h7-8H,4-6,9-10H2,1-3H3/q+1. The van der Waals surface area contributed by atoms with E-state index in [1.807, 2.05) is 6.92 Å². The third kappa shape index (κ3) is 2.84. The summed E-state index contributed by atoms with van der Waals surface area (Å²) in [5.41, 5.74) is 0. The van der Waals surface area contributed by atoms with Crippen LogP contribution in [0.4, 0.5) is 0 Å². The van der Waals surface area contributed by atoms with Crippen LogP contribution in [-0.4, -0.2) is 17.8 Å². The van der Waals surface area contributed by atoms with Crippen LogP contribution in [0.25, 0.3) is 0 Å². The molecule has 80 valence electrons. The van der Waals surface area contributed by atoms with E-state index in [1.54, 1.807) is 0 Å². The molecule has 1 rings (SSSR count). The van der Waals surface area contributed by atoms with Gasteiger partial charge in [-0.3, -0.25) is 0 Å². The van der Waals surface area contributed by atoms with Crippen molar-refractivity contribution >= 4 is 0 Å². The number of hydrogen-bond donors (Lipinski definition) is 0. The molecule has 0 amide bonds. The fourth-order valence-electron chi connectivity index (χ4n) is 1.56. The first-order valence-electron chi connectivity index (χ1n) is 5.42. The number of aromatic nitrogens is 2. The van der Waals surface area contributed by atoms with E-state index in [1.165, 1.54) is 12.2 Å². The molecule has 3 nitrogen and oxygen atoms in total. The van der Waals surface area contributed by atoms with Gasteiger partial charge in [0.1, 0.15) is 18.9 Å². The molecule has 0 unspecified atom stereocenters. The van der Waals surface area contributed by atoms with Crippen molar-refractivity contribution in [3.05, 3.63) is 18.2 Å². The lowest BCUT2D eigenvalue weighted by Crippen LogP contribution is -2.35. The first-order valence-corrected chi connectivity index (χ1v) is 5.42. The van der Waals surface area contributed by atoms with E-state index in [9.17, 15) is 0 Å². The Balaban J connectivity index is 2.51. The van der Waals surface area contributed by atoms with Crippen LogP contribution in [-0.2, 0) is 17.8 Å². The summed E-state index contributed by atoms with van der Waals surface area (Å²) < 4.78 is 9.86. The summed E-state index contributed by atoms with van der Waals surface area (Å²) in [6.07, 6.45) is 5.45. The average molecular weight is 197 g/mol. The Kier molecular flexibility index (Phi) is 4.66. The molecule has 0 saturated carbocycles. The smallest absolute Gasteiger partial charge is 0.253 e. The Bertz CT molecular complexity index is 268. The van der Waals surface area contributed by atoms with Crippen LogP contribution in [0.1, 0.15) is 26.1 Å². The second-order valence-electron chi connectivity index (χ2n) is 3.43. The number of ether oxygens (including phenoxy) is 1. The average Bonchev–Trinajstić information content (AvgIpc) is 2.51. The van der Waals surface area contributed by atoms with Gasteiger partial charge in [0.05, 0.1) is 13.2 Å². The predicted octanol–water partition coefficient (Wildman–Crippen LogP) is 1.53. The van der Waals surface area contributed by atoms with E-state index in [2.05, 4.69) is 35.4 Å². The second-order valence-corrected chi connectivity index (χ2v) is 3.43. The Morgan fingerprint density at radius 3 is 2.86 bits per heavy atom. The fraction of sp³-hybridized carbons (Fsp3) is 0.727. The quantitative estimate of drug-likeness (QED) is 0.499. The molecule has 0 aliphatic carbocycles. The normalized spacial score (nSPS) is 10.8. The van der Waals surface area contributed by atoms with Crippen LogP contribution in [0.15, 0.2) is 12.4 Å².